The van der Waals surface area contributed by atoms with Crippen LogP contribution < -0.4 is 10.5 Å². The SMILES string of the molecule is CC(N)COc1c(Br)c(F)cc(C(=O)O)c1I.Cl. The first-order chi connectivity index (χ1) is 7.84. The zero-order valence-corrected chi connectivity index (χ0v) is 13.8. The third kappa shape index (κ3) is 4.22. The van der Waals surface area contributed by atoms with Gasteiger partial charge in [0.15, 0.2) is 5.75 Å². The van der Waals surface area contributed by atoms with Crippen molar-refractivity contribution in [3.05, 3.63) is 25.5 Å². The summed E-state index contributed by atoms with van der Waals surface area (Å²) in [6.07, 6.45) is 0. The van der Waals surface area contributed by atoms with Crippen LogP contribution in [-0.4, -0.2) is 23.7 Å². The highest BCUT2D eigenvalue weighted by atomic mass is 127. The van der Waals surface area contributed by atoms with Crippen LogP contribution in [0.3, 0.4) is 0 Å². The van der Waals surface area contributed by atoms with E-state index in [1.54, 1.807) is 29.5 Å². The molecule has 1 atom stereocenters. The van der Waals surface area contributed by atoms with Gasteiger partial charge in [-0.05, 0) is 51.5 Å². The Morgan fingerprint density at radius 3 is 2.72 bits per heavy atom. The molecule has 1 aromatic carbocycles. The minimum Gasteiger partial charge on any atom is -0.490 e. The van der Waals surface area contributed by atoms with Crippen molar-refractivity contribution in [3.63, 3.8) is 0 Å². The molecular weight excluding hydrogens is 443 g/mol. The Bertz CT molecular complexity index is 459. The van der Waals surface area contributed by atoms with Crippen molar-refractivity contribution in [2.24, 2.45) is 5.73 Å². The van der Waals surface area contributed by atoms with E-state index in [9.17, 15) is 9.18 Å². The maximum absolute atomic E-state index is 13.5. The van der Waals surface area contributed by atoms with Crippen LogP contribution in [0, 0.1) is 9.39 Å². The van der Waals surface area contributed by atoms with Crippen molar-refractivity contribution in [1.29, 1.82) is 0 Å². The van der Waals surface area contributed by atoms with E-state index in [2.05, 4.69) is 15.9 Å². The summed E-state index contributed by atoms with van der Waals surface area (Å²) in [5.74, 6) is -1.71. The number of benzene rings is 1. The van der Waals surface area contributed by atoms with Gasteiger partial charge in [0.1, 0.15) is 12.4 Å². The first kappa shape index (κ1) is 17.9. The summed E-state index contributed by atoms with van der Waals surface area (Å²) in [5, 5.41) is 8.92. The van der Waals surface area contributed by atoms with Crippen LogP contribution >= 0.6 is 50.9 Å². The fourth-order valence-electron chi connectivity index (χ4n) is 1.08. The third-order valence-corrected chi connectivity index (χ3v) is 3.65. The monoisotopic (exact) mass is 453 g/mol. The van der Waals surface area contributed by atoms with Gasteiger partial charge in [-0.25, -0.2) is 9.18 Å². The Labute approximate surface area is 132 Å². The van der Waals surface area contributed by atoms with Gasteiger partial charge in [-0.2, -0.15) is 0 Å². The molecule has 0 aliphatic carbocycles. The zero-order chi connectivity index (χ0) is 13.2. The fourth-order valence-corrected chi connectivity index (χ4v) is 2.69. The lowest BCUT2D eigenvalue weighted by atomic mass is 10.2. The van der Waals surface area contributed by atoms with Gasteiger partial charge < -0.3 is 15.6 Å². The second-order valence-corrected chi connectivity index (χ2v) is 5.33. The first-order valence-electron chi connectivity index (χ1n) is 4.63. The largest absolute Gasteiger partial charge is 0.490 e. The molecule has 0 saturated carbocycles. The number of rotatable bonds is 4. The van der Waals surface area contributed by atoms with Crippen molar-refractivity contribution < 1.29 is 19.0 Å². The fraction of sp³-hybridized carbons (Fsp3) is 0.300. The van der Waals surface area contributed by atoms with Crippen LogP contribution in [0.2, 0.25) is 0 Å². The van der Waals surface area contributed by atoms with Crippen molar-refractivity contribution >= 4 is 56.9 Å². The van der Waals surface area contributed by atoms with E-state index >= 15 is 0 Å². The number of carboxylic acid groups (broad SMARTS) is 1. The number of hydrogen-bond acceptors (Lipinski definition) is 3. The van der Waals surface area contributed by atoms with Crippen LogP contribution in [0.25, 0.3) is 0 Å². The van der Waals surface area contributed by atoms with Gasteiger partial charge >= 0.3 is 5.97 Å². The maximum atomic E-state index is 13.5. The molecular formula is C10H11BrClFINO3. The number of hydrogen-bond donors (Lipinski definition) is 2. The second-order valence-electron chi connectivity index (χ2n) is 3.46. The molecule has 0 aliphatic rings. The standard InChI is InChI=1S/C10H10BrFINO3.ClH/c1-4(14)3-17-9-7(11)6(12)2-5(8(9)13)10(15)16;/h2,4H,3,14H2,1H3,(H,15,16);1H. The molecule has 1 rings (SSSR count). The van der Waals surface area contributed by atoms with E-state index in [4.69, 9.17) is 15.6 Å². The van der Waals surface area contributed by atoms with E-state index in [1.807, 2.05) is 0 Å². The van der Waals surface area contributed by atoms with E-state index in [1.165, 1.54) is 0 Å². The highest BCUT2D eigenvalue weighted by Gasteiger charge is 2.20. The molecule has 0 spiro atoms. The van der Waals surface area contributed by atoms with E-state index in [-0.39, 0.29) is 40.8 Å². The summed E-state index contributed by atoms with van der Waals surface area (Å²) < 4.78 is 19.2. The number of carboxylic acids is 1. The van der Waals surface area contributed by atoms with Crippen LogP contribution in [-0.2, 0) is 0 Å². The Morgan fingerprint density at radius 2 is 2.28 bits per heavy atom. The molecule has 3 N–H and O–H groups in total. The van der Waals surface area contributed by atoms with Gasteiger partial charge in [0.25, 0.3) is 0 Å². The molecule has 102 valence electrons. The van der Waals surface area contributed by atoms with Crippen molar-refractivity contribution in [2.45, 2.75) is 13.0 Å². The Kier molecular flexibility index (Phi) is 7.41. The summed E-state index contributed by atoms with van der Waals surface area (Å²) >= 11 is 4.83. The van der Waals surface area contributed by atoms with Gasteiger partial charge in [0, 0.05) is 6.04 Å². The molecule has 0 aliphatic heterocycles. The Hall–Kier alpha value is -0.120. The predicted octanol–water partition coefficient (Wildman–Crippen LogP) is 3.04. The topological polar surface area (TPSA) is 72.5 Å². The zero-order valence-electron chi connectivity index (χ0n) is 9.25. The predicted molar refractivity (Wildman–Crippen MR) is 80.2 cm³/mol. The van der Waals surface area contributed by atoms with Crippen molar-refractivity contribution in [2.75, 3.05) is 6.61 Å². The summed E-state index contributed by atoms with van der Waals surface area (Å²) in [6, 6.07) is 0.724. The number of halogens is 4. The lowest BCUT2D eigenvalue weighted by Crippen LogP contribution is -2.24. The normalized spacial score (nSPS) is 11.6. The number of ether oxygens (including phenoxy) is 1. The molecule has 4 nitrogen and oxygen atoms in total. The lowest BCUT2D eigenvalue weighted by molar-refractivity contribution is 0.0694. The van der Waals surface area contributed by atoms with E-state index in [0.29, 0.717) is 3.57 Å². The van der Waals surface area contributed by atoms with E-state index in [0.717, 1.165) is 6.07 Å². The van der Waals surface area contributed by atoms with Crippen LogP contribution in [0.5, 0.6) is 5.75 Å². The summed E-state index contributed by atoms with van der Waals surface area (Å²) in [7, 11) is 0. The van der Waals surface area contributed by atoms with Gasteiger partial charge in [-0.3, -0.25) is 0 Å². The number of aromatic carboxylic acids is 1. The lowest BCUT2D eigenvalue weighted by Gasteiger charge is -2.14. The van der Waals surface area contributed by atoms with Crippen LogP contribution in [0.1, 0.15) is 17.3 Å². The van der Waals surface area contributed by atoms with Crippen molar-refractivity contribution in [3.8, 4) is 5.75 Å². The molecule has 0 radical (unpaired) electrons. The third-order valence-electron chi connectivity index (χ3n) is 1.84. The quantitative estimate of drug-likeness (QED) is 0.542. The van der Waals surface area contributed by atoms with Gasteiger partial charge in [-0.1, -0.05) is 0 Å². The van der Waals surface area contributed by atoms with Gasteiger partial charge in [0.05, 0.1) is 13.6 Å². The molecule has 0 amide bonds. The molecule has 8 heteroatoms. The maximum Gasteiger partial charge on any atom is 0.337 e. The smallest absolute Gasteiger partial charge is 0.337 e. The molecule has 1 unspecified atom stereocenters. The van der Waals surface area contributed by atoms with Crippen LogP contribution in [0.4, 0.5) is 4.39 Å². The minimum absolute atomic E-state index is 0. The highest BCUT2D eigenvalue weighted by Crippen LogP contribution is 2.35. The number of nitrogens with two attached hydrogens (primary N) is 1. The summed E-state index contributed by atoms with van der Waals surface area (Å²) in [4.78, 5) is 10.9. The van der Waals surface area contributed by atoms with E-state index < -0.39 is 11.8 Å². The van der Waals surface area contributed by atoms with Gasteiger partial charge in [-0.15, -0.1) is 12.4 Å². The van der Waals surface area contributed by atoms with Gasteiger partial charge in [0.2, 0.25) is 0 Å². The molecule has 0 saturated heterocycles. The summed E-state index contributed by atoms with van der Waals surface area (Å²) in [5.41, 5.74) is 5.39. The number of carbonyl (C=O) groups is 1. The Balaban J connectivity index is 0.00000289. The van der Waals surface area contributed by atoms with Crippen LogP contribution in [0.15, 0.2) is 10.5 Å². The average Bonchev–Trinajstić information content (AvgIpc) is 2.22. The highest BCUT2D eigenvalue weighted by molar-refractivity contribution is 14.1. The molecule has 18 heavy (non-hydrogen) atoms. The Morgan fingerprint density at radius 1 is 1.72 bits per heavy atom. The molecule has 0 heterocycles. The molecule has 1 aromatic rings. The average molecular weight is 454 g/mol. The molecule has 0 fully saturated rings. The summed E-state index contributed by atoms with van der Waals surface area (Å²) in [6.45, 7) is 1.91. The molecule has 0 aromatic heterocycles. The second kappa shape index (κ2) is 7.46. The van der Waals surface area contributed by atoms with Crippen molar-refractivity contribution in [1.82, 2.24) is 0 Å². The minimum atomic E-state index is -1.20. The first-order valence-corrected chi connectivity index (χ1v) is 6.51. The molecule has 0 bridgehead atoms.